The van der Waals surface area contributed by atoms with Crippen LogP contribution in [0.1, 0.15) is 23.0 Å². The number of benzene rings is 2. The van der Waals surface area contributed by atoms with Gasteiger partial charge in [0.25, 0.3) is 11.5 Å². The maximum Gasteiger partial charge on any atom is 0.343 e. The Labute approximate surface area is 176 Å². The second-order valence-electron chi connectivity index (χ2n) is 6.57. The molecule has 0 saturated heterocycles. The number of esters is 1. The fraction of sp³-hybridized carbons (Fsp3) is 0.190. The second kappa shape index (κ2) is 8.54. The van der Waals surface area contributed by atoms with Gasteiger partial charge in [-0.15, -0.1) is 0 Å². The lowest BCUT2D eigenvalue weighted by Gasteiger charge is -2.14. The highest BCUT2D eigenvalue weighted by molar-refractivity contribution is 6.33. The zero-order valence-electron chi connectivity index (χ0n) is 16.5. The van der Waals surface area contributed by atoms with E-state index in [4.69, 9.17) is 16.3 Å². The molecule has 0 aliphatic heterocycles. The lowest BCUT2D eigenvalue weighted by Crippen LogP contribution is -2.32. The van der Waals surface area contributed by atoms with E-state index < -0.39 is 34.9 Å². The second-order valence-corrected chi connectivity index (χ2v) is 6.98. The van der Waals surface area contributed by atoms with Gasteiger partial charge in [0.05, 0.1) is 16.4 Å². The predicted octanol–water partition coefficient (Wildman–Crippen LogP) is 3.46. The van der Waals surface area contributed by atoms with Gasteiger partial charge in [0, 0.05) is 7.05 Å². The molecule has 1 heterocycles. The first-order valence-corrected chi connectivity index (χ1v) is 9.40. The van der Waals surface area contributed by atoms with Crippen LogP contribution in [0.4, 0.5) is 10.1 Å². The Bertz CT molecular complexity index is 1150. The summed E-state index contributed by atoms with van der Waals surface area (Å²) in [4.78, 5) is 37.6. The average Bonchev–Trinajstić information content (AvgIpc) is 2.91. The minimum atomic E-state index is -1.29. The fourth-order valence-corrected chi connectivity index (χ4v) is 3.14. The smallest absolute Gasteiger partial charge is 0.343 e. The first-order chi connectivity index (χ1) is 14.2. The maximum atomic E-state index is 13.9. The van der Waals surface area contributed by atoms with Crippen LogP contribution in [0.5, 0.6) is 0 Å². The molecule has 0 aliphatic carbocycles. The molecule has 3 aromatic rings. The van der Waals surface area contributed by atoms with Crippen molar-refractivity contribution in [2.75, 3.05) is 5.32 Å². The summed E-state index contributed by atoms with van der Waals surface area (Å²) in [6.07, 6.45) is -1.29. The number of rotatable bonds is 5. The topological polar surface area (TPSA) is 82.3 Å². The van der Waals surface area contributed by atoms with E-state index in [9.17, 15) is 18.8 Å². The standard InChI is InChI=1S/C21H19ClFN3O4/c1-12-18(20(28)26(25(12)3)14-8-5-4-6-9-14)24-19(27)13(2)30-21(29)17-15(22)10-7-11-16(17)23/h4-11,13H,1-3H3,(H,24,27)/t13-/m1/s1. The number of hydrogen-bond donors (Lipinski definition) is 1. The summed E-state index contributed by atoms with van der Waals surface area (Å²) >= 11 is 5.85. The predicted molar refractivity (Wildman–Crippen MR) is 111 cm³/mol. The van der Waals surface area contributed by atoms with Gasteiger partial charge in [-0.2, -0.15) is 0 Å². The number of ether oxygens (including phenoxy) is 1. The molecule has 0 unspecified atom stereocenters. The van der Waals surface area contributed by atoms with Crippen molar-refractivity contribution in [2.24, 2.45) is 7.05 Å². The van der Waals surface area contributed by atoms with Crippen molar-refractivity contribution in [3.8, 4) is 5.69 Å². The summed E-state index contributed by atoms with van der Waals surface area (Å²) in [6.45, 7) is 2.99. The number of carbonyl (C=O) groups excluding carboxylic acids is 2. The van der Waals surface area contributed by atoms with Gasteiger partial charge < -0.3 is 10.1 Å². The molecule has 1 aromatic heterocycles. The summed E-state index contributed by atoms with van der Waals surface area (Å²) in [7, 11) is 1.68. The normalized spacial score (nSPS) is 11.8. The number of anilines is 1. The molecular formula is C21H19ClFN3O4. The molecule has 0 aliphatic rings. The quantitative estimate of drug-likeness (QED) is 0.627. The molecule has 0 bridgehead atoms. The molecule has 2 aromatic carbocycles. The van der Waals surface area contributed by atoms with Crippen molar-refractivity contribution in [3.05, 3.63) is 81.0 Å². The van der Waals surface area contributed by atoms with Crippen molar-refractivity contribution in [1.29, 1.82) is 0 Å². The van der Waals surface area contributed by atoms with Crippen molar-refractivity contribution in [3.63, 3.8) is 0 Å². The van der Waals surface area contributed by atoms with E-state index in [1.54, 1.807) is 42.9 Å². The van der Waals surface area contributed by atoms with Gasteiger partial charge in [0.2, 0.25) is 0 Å². The Morgan fingerprint density at radius 2 is 1.80 bits per heavy atom. The third-order valence-electron chi connectivity index (χ3n) is 4.62. The van der Waals surface area contributed by atoms with Gasteiger partial charge in [0.1, 0.15) is 17.1 Å². The molecule has 0 spiro atoms. The van der Waals surface area contributed by atoms with Crippen molar-refractivity contribution >= 4 is 29.2 Å². The highest BCUT2D eigenvalue weighted by Crippen LogP contribution is 2.21. The number of amides is 1. The summed E-state index contributed by atoms with van der Waals surface area (Å²) in [5, 5.41) is 2.37. The third-order valence-corrected chi connectivity index (χ3v) is 4.94. The largest absolute Gasteiger partial charge is 0.449 e. The number of nitrogens with one attached hydrogen (secondary N) is 1. The Hall–Kier alpha value is -3.39. The number of hydrogen-bond acceptors (Lipinski definition) is 4. The van der Waals surface area contributed by atoms with E-state index in [1.165, 1.54) is 23.7 Å². The molecule has 9 heteroatoms. The Kier molecular flexibility index (Phi) is 6.07. The molecule has 30 heavy (non-hydrogen) atoms. The summed E-state index contributed by atoms with van der Waals surface area (Å²) in [5.74, 6) is -2.67. The number of carbonyl (C=O) groups is 2. The van der Waals surface area contributed by atoms with Crippen molar-refractivity contribution in [2.45, 2.75) is 20.0 Å². The van der Waals surface area contributed by atoms with Crippen LogP contribution < -0.4 is 10.9 Å². The number of halogens is 2. The number of aromatic nitrogens is 2. The van der Waals surface area contributed by atoms with Crippen LogP contribution in [0, 0.1) is 12.7 Å². The minimum Gasteiger partial charge on any atom is -0.449 e. The van der Waals surface area contributed by atoms with Crippen LogP contribution in [0.15, 0.2) is 53.3 Å². The highest BCUT2D eigenvalue weighted by atomic mass is 35.5. The van der Waals surface area contributed by atoms with Crippen LogP contribution in [0.3, 0.4) is 0 Å². The molecule has 1 N–H and O–H groups in total. The third kappa shape index (κ3) is 3.99. The van der Waals surface area contributed by atoms with Gasteiger partial charge in [-0.3, -0.25) is 14.3 Å². The van der Waals surface area contributed by atoms with Gasteiger partial charge in [0.15, 0.2) is 6.10 Å². The first-order valence-electron chi connectivity index (χ1n) is 9.02. The van der Waals surface area contributed by atoms with Gasteiger partial charge >= 0.3 is 5.97 Å². The van der Waals surface area contributed by atoms with Crippen LogP contribution in [-0.4, -0.2) is 27.3 Å². The summed E-state index contributed by atoms with van der Waals surface area (Å²) < 4.78 is 21.9. The van der Waals surface area contributed by atoms with Crippen LogP contribution in [-0.2, 0) is 16.6 Å². The molecule has 0 radical (unpaired) electrons. The molecule has 1 amide bonds. The van der Waals surface area contributed by atoms with E-state index in [1.807, 2.05) is 6.07 Å². The van der Waals surface area contributed by atoms with E-state index in [0.29, 0.717) is 11.4 Å². The van der Waals surface area contributed by atoms with Crippen molar-refractivity contribution < 1.29 is 18.7 Å². The van der Waals surface area contributed by atoms with Gasteiger partial charge in [-0.1, -0.05) is 35.9 Å². The number of nitrogens with zero attached hydrogens (tertiary/aromatic N) is 2. The highest BCUT2D eigenvalue weighted by Gasteiger charge is 2.25. The molecule has 156 valence electrons. The average molecular weight is 432 g/mol. The van der Waals surface area contributed by atoms with E-state index >= 15 is 0 Å². The zero-order chi connectivity index (χ0) is 22.0. The SMILES string of the molecule is Cc1c(NC(=O)[C@@H](C)OC(=O)c2c(F)cccc2Cl)c(=O)n(-c2ccccc2)n1C. The lowest BCUT2D eigenvalue weighted by molar-refractivity contribution is -0.123. The molecule has 7 nitrogen and oxygen atoms in total. The Balaban J connectivity index is 1.81. The first kappa shape index (κ1) is 21.3. The number of para-hydroxylation sites is 1. The molecular weight excluding hydrogens is 413 g/mol. The molecule has 3 rings (SSSR count). The molecule has 0 fully saturated rings. The van der Waals surface area contributed by atoms with Crippen LogP contribution >= 0.6 is 11.6 Å². The van der Waals surface area contributed by atoms with E-state index in [-0.39, 0.29) is 10.7 Å². The molecule has 1 atom stereocenters. The van der Waals surface area contributed by atoms with Crippen LogP contribution in [0.25, 0.3) is 5.69 Å². The van der Waals surface area contributed by atoms with E-state index in [2.05, 4.69) is 5.32 Å². The summed E-state index contributed by atoms with van der Waals surface area (Å²) in [5.41, 5.74) is 0.291. The lowest BCUT2D eigenvalue weighted by atomic mass is 10.2. The Morgan fingerprint density at radius 1 is 1.13 bits per heavy atom. The summed E-state index contributed by atoms with van der Waals surface area (Å²) in [6, 6.07) is 12.7. The maximum absolute atomic E-state index is 13.9. The fourth-order valence-electron chi connectivity index (χ4n) is 2.90. The van der Waals surface area contributed by atoms with Crippen LogP contribution in [0.2, 0.25) is 5.02 Å². The molecule has 0 saturated carbocycles. The Morgan fingerprint density at radius 3 is 2.43 bits per heavy atom. The zero-order valence-corrected chi connectivity index (χ0v) is 17.2. The van der Waals surface area contributed by atoms with Crippen molar-refractivity contribution in [1.82, 2.24) is 9.36 Å². The minimum absolute atomic E-state index is 0.0539. The monoisotopic (exact) mass is 431 g/mol. The van der Waals surface area contributed by atoms with Gasteiger partial charge in [-0.05, 0) is 38.1 Å². The van der Waals surface area contributed by atoms with Gasteiger partial charge in [-0.25, -0.2) is 13.9 Å². The van der Waals surface area contributed by atoms with E-state index in [0.717, 1.165) is 6.07 Å².